The smallest absolute Gasteiger partial charge is 0.0598 e. The Morgan fingerprint density at radius 2 is 1.19 bits per heavy atom. The first-order chi connectivity index (χ1) is 15.0. The summed E-state index contributed by atoms with van der Waals surface area (Å²) in [5.41, 5.74) is 6.58. The van der Waals surface area contributed by atoms with Crippen LogP contribution < -0.4 is 0 Å². The molecular formula is C30H42O. The van der Waals surface area contributed by atoms with Gasteiger partial charge in [-0.3, -0.25) is 0 Å². The first kappa shape index (κ1) is 22.6. The van der Waals surface area contributed by atoms with Crippen LogP contribution in [0.4, 0.5) is 0 Å². The van der Waals surface area contributed by atoms with Gasteiger partial charge in [0.2, 0.25) is 0 Å². The third-order valence-electron chi connectivity index (χ3n) is 7.62. The number of benzene rings is 2. The Kier molecular flexibility index (Phi) is 7.22. The van der Waals surface area contributed by atoms with E-state index in [9.17, 15) is 0 Å². The number of unbranched alkanes of at least 4 members (excludes halogenated alkanes) is 2. The molecule has 4 atom stereocenters. The summed E-state index contributed by atoms with van der Waals surface area (Å²) in [5, 5.41) is 0. The molecule has 0 N–H and O–H groups in total. The van der Waals surface area contributed by atoms with Crippen LogP contribution in [0.1, 0.15) is 125 Å². The van der Waals surface area contributed by atoms with Gasteiger partial charge in [-0.2, -0.15) is 0 Å². The monoisotopic (exact) mass is 418 g/mol. The van der Waals surface area contributed by atoms with Gasteiger partial charge in [0.1, 0.15) is 0 Å². The Morgan fingerprint density at radius 1 is 0.710 bits per heavy atom. The lowest BCUT2D eigenvalue weighted by molar-refractivity contribution is -0.00484. The Balaban J connectivity index is 1.46. The molecule has 0 radical (unpaired) electrons. The van der Waals surface area contributed by atoms with Crippen molar-refractivity contribution in [2.24, 2.45) is 0 Å². The number of hydrogen-bond donors (Lipinski definition) is 0. The molecule has 4 rings (SSSR count). The fraction of sp³-hybridized carbons (Fsp3) is 0.600. The van der Waals surface area contributed by atoms with E-state index < -0.39 is 0 Å². The molecule has 0 aromatic heterocycles. The molecule has 0 amide bonds. The van der Waals surface area contributed by atoms with Crippen LogP contribution in [-0.4, -0.2) is 12.2 Å². The van der Waals surface area contributed by atoms with Crippen LogP contribution >= 0.6 is 0 Å². The molecule has 31 heavy (non-hydrogen) atoms. The van der Waals surface area contributed by atoms with E-state index in [1.54, 1.807) is 22.3 Å². The van der Waals surface area contributed by atoms with Crippen molar-refractivity contribution >= 4 is 0 Å². The maximum atomic E-state index is 5.95. The van der Waals surface area contributed by atoms with E-state index in [4.69, 9.17) is 4.74 Å². The summed E-state index contributed by atoms with van der Waals surface area (Å²) < 4.78 is 5.95. The van der Waals surface area contributed by atoms with E-state index in [-0.39, 0.29) is 5.60 Å². The zero-order chi connectivity index (χ0) is 21.8. The summed E-state index contributed by atoms with van der Waals surface area (Å²) in [4.78, 5) is 0. The highest BCUT2D eigenvalue weighted by molar-refractivity contribution is 5.46. The molecule has 168 valence electrons. The Bertz CT molecular complexity index is 845. The second-order valence-corrected chi connectivity index (χ2v) is 10.9. The maximum absolute atomic E-state index is 5.95. The Labute approximate surface area is 190 Å². The van der Waals surface area contributed by atoms with Crippen molar-refractivity contribution in [2.75, 3.05) is 6.61 Å². The lowest BCUT2D eigenvalue weighted by Gasteiger charge is -2.22. The normalized spacial score (nSPS) is 24.9. The van der Waals surface area contributed by atoms with Crippen LogP contribution in [0, 0.1) is 0 Å². The summed E-state index contributed by atoms with van der Waals surface area (Å²) in [6.45, 7) is 9.66. The predicted molar refractivity (Wildman–Crippen MR) is 132 cm³/mol. The molecule has 2 aliphatic rings. The van der Waals surface area contributed by atoms with Gasteiger partial charge in [0.25, 0.3) is 0 Å². The van der Waals surface area contributed by atoms with Gasteiger partial charge in [0.15, 0.2) is 0 Å². The van der Waals surface area contributed by atoms with Gasteiger partial charge in [0.05, 0.1) is 5.60 Å². The predicted octanol–water partition coefficient (Wildman–Crippen LogP) is 8.70. The van der Waals surface area contributed by atoms with Gasteiger partial charge in [-0.25, -0.2) is 0 Å². The highest BCUT2D eigenvalue weighted by Crippen LogP contribution is 2.57. The number of hydrogen-bond acceptors (Lipinski definition) is 1. The summed E-state index contributed by atoms with van der Waals surface area (Å²) in [6.07, 6.45) is 10.4. The molecule has 0 bridgehead atoms. The van der Waals surface area contributed by atoms with Crippen molar-refractivity contribution in [3.05, 3.63) is 70.8 Å². The van der Waals surface area contributed by atoms with Crippen molar-refractivity contribution in [3.8, 4) is 0 Å². The minimum absolute atomic E-state index is 0.0186. The Hall–Kier alpha value is -1.60. The Morgan fingerprint density at radius 3 is 1.68 bits per heavy atom. The molecule has 0 saturated carbocycles. The minimum Gasteiger partial charge on any atom is -0.376 e. The van der Waals surface area contributed by atoms with E-state index in [0.717, 1.165) is 18.4 Å². The molecule has 2 aliphatic carbocycles. The van der Waals surface area contributed by atoms with Crippen LogP contribution in [0.3, 0.4) is 0 Å². The average molecular weight is 419 g/mol. The number of ether oxygens (including phenoxy) is 1. The summed E-state index contributed by atoms with van der Waals surface area (Å²) >= 11 is 0. The van der Waals surface area contributed by atoms with E-state index in [1.165, 1.54) is 51.4 Å². The number of rotatable bonds is 9. The van der Waals surface area contributed by atoms with Crippen molar-refractivity contribution in [2.45, 2.75) is 108 Å². The van der Waals surface area contributed by atoms with Gasteiger partial charge in [-0.15, -0.1) is 0 Å². The summed E-state index contributed by atoms with van der Waals surface area (Å²) in [6, 6.07) is 18.7. The molecule has 4 unspecified atom stereocenters. The van der Waals surface area contributed by atoms with E-state index in [1.807, 2.05) is 0 Å². The molecule has 0 spiro atoms. The molecule has 2 aromatic rings. The van der Waals surface area contributed by atoms with Crippen LogP contribution in [-0.2, 0) is 4.74 Å². The summed E-state index contributed by atoms with van der Waals surface area (Å²) in [7, 11) is 0. The minimum atomic E-state index is -0.0186. The van der Waals surface area contributed by atoms with Crippen LogP contribution in [0.5, 0.6) is 0 Å². The summed E-state index contributed by atoms with van der Waals surface area (Å²) in [5.74, 6) is 2.88. The van der Waals surface area contributed by atoms with Crippen LogP contribution in [0.15, 0.2) is 48.5 Å². The van der Waals surface area contributed by atoms with E-state index in [2.05, 4.69) is 76.2 Å². The quantitative estimate of drug-likeness (QED) is 0.370. The second-order valence-electron chi connectivity index (χ2n) is 10.9. The topological polar surface area (TPSA) is 9.23 Å². The average Bonchev–Trinajstić information content (AvgIpc) is 3.30. The number of fused-ring (bicyclic) bond motifs is 2. The second kappa shape index (κ2) is 9.90. The van der Waals surface area contributed by atoms with E-state index >= 15 is 0 Å². The van der Waals surface area contributed by atoms with Gasteiger partial charge in [-0.1, -0.05) is 74.7 Å². The lowest BCUT2D eigenvalue weighted by Crippen LogP contribution is -2.19. The van der Waals surface area contributed by atoms with E-state index in [0.29, 0.717) is 11.8 Å². The SMILES string of the molecule is CCCCC1CC(C2CC(CCCCOC(C)(C)C)c3ccccc32)c2ccccc21. The lowest BCUT2D eigenvalue weighted by atomic mass is 9.82. The van der Waals surface area contributed by atoms with Crippen molar-refractivity contribution in [1.29, 1.82) is 0 Å². The fourth-order valence-electron chi connectivity index (χ4n) is 6.19. The molecule has 2 aromatic carbocycles. The van der Waals surface area contributed by atoms with Crippen molar-refractivity contribution in [1.82, 2.24) is 0 Å². The van der Waals surface area contributed by atoms with Gasteiger partial charge in [0, 0.05) is 6.61 Å². The van der Waals surface area contributed by atoms with Gasteiger partial charge >= 0.3 is 0 Å². The third kappa shape index (κ3) is 5.25. The first-order valence-electron chi connectivity index (χ1n) is 12.8. The molecule has 0 aliphatic heterocycles. The highest BCUT2D eigenvalue weighted by atomic mass is 16.5. The highest BCUT2D eigenvalue weighted by Gasteiger charge is 2.41. The molecule has 1 heteroatoms. The van der Waals surface area contributed by atoms with Crippen molar-refractivity contribution < 1.29 is 4.74 Å². The largest absolute Gasteiger partial charge is 0.376 e. The molecule has 0 heterocycles. The zero-order valence-electron chi connectivity index (χ0n) is 20.2. The molecule has 0 saturated heterocycles. The maximum Gasteiger partial charge on any atom is 0.0598 e. The zero-order valence-corrected chi connectivity index (χ0v) is 20.2. The fourth-order valence-corrected chi connectivity index (χ4v) is 6.19. The third-order valence-corrected chi connectivity index (χ3v) is 7.62. The van der Waals surface area contributed by atoms with Gasteiger partial charge < -0.3 is 4.74 Å². The van der Waals surface area contributed by atoms with Crippen LogP contribution in [0.2, 0.25) is 0 Å². The first-order valence-corrected chi connectivity index (χ1v) is 12.8. The van der Waals surface area contributed by atoms with Crippen LogP contribution in [0.25, 0.3) is 0 Å². The molecule has 0 fully saturated rings. The van der Waals surface area contributed by atoms with Gasteiger partial charge in [-0.05, 0) is 98.8 Å². The standard InChI is InChI=1S/C30H42O/c1-5-6-13-22-20-28(26-17-9-7-15-24(22)26)29-21-23(25-16-8-10-18-27(25)29)14-11-12-19-31-30(2,3)4/h7-10,15-18,22-23,28-29H,5-6,11-14,19-21H2,1-4H3. The molecule has 1 nitrogen and oxygen atoms in total. The molecular weight excluding hydrogens is 376 g/mol. The van der Waals surface area contributed by atoms with Crippen molar-refractivity contribution in [3.63, 3.8) is 0 Å².